The first-order chi connectivity index (χ1) is 15.4. The van der Waals surface area contributed by atoms with E-state index in [9.17, 15) is 9.59 Å². The number of carbonyl (C=O) groups excluding carboxylic acids is 2. The van der Waals surface area contributed by atoms with Gasteiger partial charge in [-0.05, 0) is 62.8 Å². The Morgan fingerprint density at radius 1 is 1.09 bits per heavy atom. The van der Waals surface area contributed by atoms with E-state index in [0.717, 1.165) is 52.7 Å². The average molecular weight is 450 g/mol. The quantitative estimate of drug-likeness (QED) is 0.531. The summed E-state index contributed by atoms with van der Waals surface area (Å²) >= 11 is 1.63. The predicted molar refractivity (Wildman–Crippen MR) is 131 cm³/mol. The van der Waals surface area contributed by atoms with Gasteiger partial charge in [0.1, 0.15) is 11.2 Å². The van der Waals surface area contributed by atoms with Crippen LogP contribution in [0.1, 0.15) is 67.1 Å². The molecule has 3 aromatic rings. The van der Waals surface area contributed by atoms with Crippen LogP contribution in [0.25, 0.3) is 10.2 Å². The highest BCUT2D eigenvalue weighted by molar-refractivity contribution is 7.17. The summed E-state index contributed by atoms with van der Waals surface area (Å²) in [5.74, 6) is -0.162. The third kappa shape index (κ3) is 3.45. The Hall–Kier alpha value is -2.60. The van der Waals surface area contributed by atoms with Crippen LogP contribution in [-0.4, -0.2) is 28.0 Å². The van der Waals surface area contributed by atoms with Gasteiger partial charge in [-0.1, -0.05) is 43.4 Å². The molecule has 5 nitrogen and oxygen atoms in total. The molecule has 0 unspecified atom stereocenters. The number of benzene rings is 1. The number of aryl methyl sites for hydroxylation is 2. The van der Waals surface area contributed by atoms with E-state index in [2.05, 4.69) is 11.4 Å². The van der Waals surface area contributed by atoms with Crippen LogP contribution in [0.4, 0.5) is 5.69 Å². The molecule has 1 aromatic carbocycles. The first kappa shape index (κ1) is 21.3. The van der Waals surface area contributed by atoms with E-state index in [0.29, 0.717) is 12.2 Å². The predicted octanol–water partition coefficient (Wildman–Crippen LogP) is 5.58. The summed E-state index contributed by atoms with van der Waals surface area (Å²) in [4.78, 5) is 29.6. The second-order valence-electron chi connectivity index (χ2n) is 9.65. The largest absolute Gasteiger partial charge is 0.351 e. The molecule has 1 N–H and O–H groups in total. The van der Waals surface area contributed by atoms with E-state index in [-0.39, 0.29) is 17.9 Å². The van der Waals surface area contributed by atoms with E-state index < -0.39 is 5.54 Å². The molecule has 1 saturated carbocycles. The van der Waals surface area contributed by atoms with Crippen molar-refractivity contribution < 1.29 is 9.59 Å². The lowest BCUT2D eigenvalue weighted by Gasteiger charge is -2.45. The van der Waals surface area contributed by atoms with Gasteiger partial charge in [-0.3, -0.25) is 14.5 Å². The number of amides is 2. The van der Waals surface area contributed by atoms with Crippen molar-refractivity contribution in [2.24, 2.45) is 0 Å². The zero-order chi connectivity index (χ0) is 22.5. The van der Waals surface area contributed by atoms with Gasteiger partial charge in [0, 0.05) is 11.7 Å². The number of rotatable bonds is 3. The van der Waals surface area contributed by atoms with Crippen molar-refractivity contribution in [1.82, 2.24) is 9.88 Å². The number of fused-ring (bicyclic) bond motifs is 3. The number of hydrogen-bond donors (Lipinski definition) is 1. The van der Waals surface area contributed by atoms with Crippen molar-refractivity contribution in [2.75, 3.05) is 4.90 Å². The minimum atomic E-state index is -1.01. The summed E-state index contributed by atoms with van der Waals surface area (Å²) < 4.78 is 3.13. The molecule has 1 atom stereocenters. The minimum absolute atomic E-state index is 0.0551. The number of carbonyl (C=O) groups is 2. The van der Waals surface area contributed by atoms with Crippen LogP contribution in [0, 0.1) is 13.8 Å². The molecule has 1 aliphatic carbocycles. The van der Waals surface area contributed by atoms with Crippen LogP contribution >= 0.6 is 11.3 Å². The van der Waals surface area contributed by atoms with Crippen molar-refractivity contribution in [3.05, 3.63) is 52.5 Å². The van der Waals surface area contributed by atoms with Crippen molar-refractivity contribution in [3.8, 4) is 0 Å². The number of aromatic nitrogens is 1. The molecule has 0 radical (unpaired) electrons. The topological polar surface area (TPSA) is 54.3 Å². The summed E-state index contributed by atoms with van der Waals surface area (Å²) in [5.41, 5.74) is 3.65. The van der Waals surface area contributed by atoms with Gasteiger partial charge < -0.3 is 9.88 Å². The molecule has 2 amide bonds. The number of nitrogens with one attached hydrogen (secondary N) is 1. The molecule has 1 aliphatic heterocycles. The molecule has 0 bridgehead atoms. The smallest absolute Gasteiger partial charge is 0.275 e. The van der Waals surface area contributed by atoms with Crippen LogP contribution < -0.4 is 10.2 Å². The molecular formula is C26H31N3O2S. The second kappa shape index (κ2) is 8.07. The second-order valence-corrected chi connectivity index (χ2v) is 10.6. The van der Waals surface area contributed by atoms with Gasteiger partial charge >= 0.3 is 0 Å². The normalized spacial score (nSPS) is 22.1. The van der Waals surface area contributed by atoms with Crippen molar-refractivity contribution in [1.29, 1.82) is 0 Å². The lowest BCUT2D eigenvalue weighted by Crippen LogP contribution is -2.65. The minimum Gasteiger partial charge on any atom is -0.351 e. The summed E-state index contributed by atoms with van der Waals surface area (Å²) in [6.07, 6.45) is 6.81. The maximum atomic E-state index is 13.9. The van der Waals surface area contributed by atoms with Crippen LogP contribution in [0.2, 0.25) is 0 Å². The van der Waals surface area contributed by atoms with Crippen LogP contribution in [0.3, 0.4) is 0 Å². The average Bonchev–Trinajstić information content (AvgIpc) is 3.24. The van der Waals surface area contributed by atoms with Crippen molar-refractivity contribution in [3.63, 3.8) is 0 Å². The molecule has 5 rings (SSSR count). The van der Waals surface area contributed by atoms with Gasteiger partial charge in [0.05, 0.1) is 16.8 Å². The van der Waals surface area contributed by atoms with E-state index in [4.69, 9.17) is 0 Å². The molecule has 168 valence electrons. The van der Waals surface area contributed by atoms with E-state index in [1.165, 1.54) is 12.8 Å². The van der Waals surface area contributed by atoms with E-state index in [1.807, 2.05) is 55.0 Å². The molecule has 2 aliphatic rings. The molecule has 3 heterocycles. The maximum Gasteiger partial charge on any atom is 0.275 e. The van der Waals surface area contributed by atoms with E-state index in [1.54, 1.807) is 16.2 Å². The lowest BCUT2D eigenvalue weighted by molar-refractivity contribution is -0.127. The lowest BCUT2D eigenvalue weighted by atomic mass is 9.92. The van der Waals surface area contributed by atoms with Crippen LogP contribution in [0.5, 0.6) is 0 Å². The van der Waals surface area contributed by atoms with Gasteiger partial charge in [-0.15, -0.1) is 11.3 Å². The zero-order valence-electron chi connectivity index (χ0n) is 19.1. The third-order valence-corrected chi connectivity index (χ3v) is 8.03. The van der Waals surface area contributed by atoms with Gasteiger partial charge in [0.2, 0.25) is 5.91 Å². The molecular weight excluding hydrogens is 418 g/mol. The fraction of sp³-hybridized carbons (Fsp3) is 0.462. The molecule has 0 spiro atoms. The van der Waals surface area contributed by atoms with Crippen molar-refractivity contribution >= 4 is 39.1 Å². The first-order valence-corrected chi connectivity index (χ1v) is 12.6. The highest BCUT2D eigenvalue weighted by atomic mass is 32.1. The number of nitrogens with zero attached hydrogens (tertiary/aromatic N) is 2. The number of hydrogen-bond acceptors (Lipinski definition) is 3. The Bertz CT molecular complexity index is 1190. The maximum absolute atomic E-state index is 13.9. The monoisotopic (exact) mass is 449 g/mol. The van der Waals surface area contributed by atoms with Crippen molar-refractivity contribution in [2.45, 2.75) is 77.4 Å². The summed E-state index contributed by atoms with van der Waals surface area (Å²) in [6.45, 7) is 6.44. The molecule has 2 aromatic heterocycles. The number of anilines is 1. The highest BCUT2D eigenvalue weighted by Gasteiger charge is 2.49. The SMILES string of the molecule is Cc1ccc(N2C(=O)c3cc4sccc4n3C[C@@]2(C)C(=O)NC2CCCCCC2)c(C)c1. The molecule has 0 saturated heterocycles. The Morgan fingerprint density at radius 2 is 1.84 bits per heavy atom. The number of thiophene rings is 1. The van der Waals surface area contributed by atoms with Gasteiger partial charge in [0.15, 0.2) is 0 Å². The standard InChI is InChI=1S/C26H31N3O2S/c1-17-10-11-20(18(2)14-17)29-24(30)22-15-23-21(12-13-32-23)28(22)16-26(29,3)25(31)27-19-8-6-4-5-7-9-19/h10-15,19H,4-9,16H2,1-3H3,(H,27,31)/t26-/m0/s1. The first-order valence-electron chi connectivity index (χ1n) is 11.7. The molecule has 1 fully saturated rings. The fourth-order valence-electron chi connectivity index (χ4n) is 5.41. The molecule has 6 heteroatoms. The zero-order valence-corrected chi connectivity index (χ0v) is 19.9. The Kier molecular flexibility index (Phi) is 5.36. The third-order valence-electron chi connectivity index (χ3n) is 7.18. The molecule has 32 heavy (non-hydrogen) atoms. The van der Waals surface area contributed by atoms with Crippen LogP contribution in [0.15, 0.2) is 35.7 Å². The van der Waals surface area contributed by atoms with Crippen LogP contribution in [-0.2, 0) is 11.3 Å². The summed E-state index contributed by atoms with van der Waals surface area (Å²) in [6, 6.07) is 10.3. The Labute approximate surface area is 193 Å². The Morgan fingerprint density at radius 3 is 2.56 bits per heavy atom. The Balaban J connectivity index is 1.60. The van der Waals surface area contributed by atoms with Gasteiger partial charge in [-0.25, -0.2) is 0 Å². The van der Waals surface area contributed by atoms with E-state index >= 15 is 0 Å². The highest BCUT2D eigenvalue weighted by Crippen LogP contribution is 2.38. The van der Waals surface area contributed by atoms with Gasteiger partial charge in [0.25, 0.3) is 5.91 Å². The van der Waals surface area contributed by atoms with Gasteiger partial charge in [-0.2, -0.15) is 0 Å². The fourth-order valence-corrected chi connectivity index (χ4v) is 6.23. The summed E-state index contributed by atoms with van der Waals surface area (Å²) in [7, 11) is 0. The summed E-state index contributed by atoms with van der Waals surface area (Å²) in [5, 5.41) is 5.39.